The van der Waals surface area contributed by atoms with Gasteiger partial charge >= 0.3 is 6.18 Å². The molecule has 0 spiro atoms. The van der Waals surface area contributed by atoms with Gasteiger partial charge in [0.15, 0.2) is 12.6 Å². The molecule has 2 rings (SSSR count). The van der Waals surface area contributed by atoms with E-state index in [1.807, 2.05) is 0 Å². The molecule has 1 aliphatic rings. The second-order valence-electron chi connectivity index (χ2n) is 6.74. The first-order chi connectivity index (χ1) is 13.5. The molecule has 0 aromatic carbocycles. The van der Waals surface area contributed by atoms with Crippen molar-refractivity contribution in [2.45, 2.75) is 57.3 Å². The molecule has 1 aromatic heterocycles. The van der Waals surface area contributed by atoms with Crippen LogP contribution in [-0.4, -0.2) is 50.0 Å². The molecule has 0 radical (unpaired) electrons. The number of pyridine rings is 1. The van der Waals surface area contributed by atoms with Gasteiger partial charge in [0.2, 0.25) is 5.88 Å². The summed E-state index contributed by atoms with van der Waals surface area (Å²) >= 11 is 0. The van der Waals surface area contributed by atoms with Crippen LogP contribution in [-0.2, 0) is 11.3 Å². The van der Waals surface area contributed by atoms with Crippen LogP contribution in [0, 0.1) is 0 Å². The Kier molecular flexibility index (Phi) is 9.33. The van der Waals surface area contributed by atoms with Crippen molar-refractivity contribution in [1.82, 2.24) is 15.6 Å². The van der Waals surface area contributed by atoms with Crippen LogP contribution in [0.3, 0.4) is 0 Å². The van der Waals surface area contributed by atoms with E-state index in [1.54, 1.807) is 13.1 Å². The van der Waals surface area contributed by atoms with Gasteiger partial charge in [0.05, 0.1) is 12.7 Å². The quantitative estimate of drug-likeness (QED) is 0.302. The first kappa shape index (κ1) is 22.3. The van der Waals surface area contributed by atoms with E-state index in [2.05, 4.69) is 25.3 Å². The van der Waals surface area contributed by atoms with Gasteiger partial charge in [-0.2, -0.15) is 13.2 Å². The van der Waals surface area contributed by atoms with E-state index in [0.29, 0.717) is 31.8 Å². The number of halogens is 3. The lowest BCUT2D eigenvalue weighted by atomic mass is 10.1. The largest absolute Gasteiger partial charge is 0.468 e. The lowest BCUT2D eigenvalue weighted by Crippen LogP contribution is -2.38. The molecule has 6 nitrogen and oxygen atoms in total. The van der Waals surface area contributed by atoms with E-state index in [1.165, 1.54) is 37.9 Å². The zero-order valence-corrected chi connectivity index (χ0v) is 16.2. The molecule has 1 aromatic rings. The van der Waals surface area contributed by atoms with Gasteiger partial charge in [-0.15, -0.1) is 0 Å². The maximum absolute atomic E-state index is 12.2. The Morgan fingerprint density at radius 3 is 2.64 bits per heavy atom. The Labute approximate surface area is 163 Å². The van der Waals surface area contributed by atoms with Gasteiger partial charge in [0, 0.05) is 32.4 Å². The average molecular weight is 402 g/mol. The zero-order chi connectivity index (χ0) is 20.2. The highest BCUT2D eigenvalue weighted by molar-refractivity contribution is 5.79. The van der Waals surface area contributed by atoms with Gasteiger partial charge < -0.3 is 20.1 Å². The van der Waals surface area contributed by atoms with Gasteiger partial charge in [-0.25, -0.2) is 4.98 Å². The summed E-state index contributed by atoms with van der Waals surface area (Å²) in [5.41, 5.74) is 0.741. The molecule has 158 valence electrons. The van der Waals surface area contributed by atoms with Crippen LogP contribution in [0.25, 0.3) is 0 Å². The predicted octanol–water partition coefficient (Wildman–Crippen LogP) is 3.43. The molecule has 0 unspecified atom stereocenters. The number of aliphatic imine (C=N–C) groups is 1. The number of hydrogen-bond acceptors (Lipinski definition) is 4. The number of nitrogens with zero attached hydrogens (tertiary/aromatic N) is 2. The van der Waals surface area contributed by atoms with Crippen molar-refractivity contribution in [3.05, 3.63) is 23.9 Å². The molecule has 1 aliphatic carbocycles. The smallest absolute Gasteiger partial charge is 0.422 e. The third-order valence-corrected chi connectivity index (χ3v) is 4.42. The van der Waals surface area contributed by atoms with Gasteiger partial charge in [0.25, 0.3) is 0 Å². The van der Waals surface area contributed by atoms with Crippen LogP contribution in [0.2, 0.25) is 0 Å². The van der Waals surface area contributed by atoms with Crippen molar-refractivity contribution in [3.63, 3.8) is 0 Å². The van der Waals surface area contributed by atoms with Crippen LogP contribution in [0.4, 0.5) is 13.2 Å². The number of aromatic nitrogens is 1. The number of guanidine groups is 1. The van der Waals surface area contributed by atoms with Crippen LogP contribution in [0.1, 0.15) is 44.1 Å². The molecule has 1 fully saturated rings. The fourth-order valence-corrected chi connectivity index (χ4v) is 3.01. The molecular formula is C19H29F3N4O2. The van der Waals surface area contributed by atoms with Gasteiger partial charge in [-0.1, -0.05) is 25.7 Å². The summed E-state index contributed by atoms with van der Waals surface area (Å²) < 4.78 is 47.3. The lowest BCUT2D eigenvalue weighted by Gasteiger charge is -2.17. The fourth-order valence-electron chi connectivity index (χ4n) is 3.01. The molecule has 0 aliphatic heterocycles. The highest BCUT2D eigenvalue weighted by Gasteiger charge is 2.28. The van der Waals surface area contributed by atoms with E-state index < -0.39 is 12.8 Å². The molecule has 2 N–H and O–H groups in total. The number of nitrogens with one attached hydrogen (secondary N) is 2. The van der Waals surface area contributed by atoms with Gasteiger partial charge in [-0.3, -0.25) is 4.99 Å². The van der Waals surface area contributed by atoms with Crippen LogP contribution in [0.15, 0.2) is 23.3 Å². The summed E-state index contributed by atoms with van der Waals surface area (Å²) in [6, 6.07) is 3.18. The summed E-state index contributed by atoms with van der Waals surface area (Å²) in [4.78, 5) is 7.93. The number of hydrogen-bond donors (Lipinski definition) is 2. The minimum atomic E-state index is -4.39. The number of alkyl halides is 3. The molecule has 1 heterocycles. The Morgan fingerprint density at radius 2 is 1.96 bits per heavy atom. The second kappa shape index (κ2) is 11.7. The van der Waals surface area contributed by atoms with Crippen molar-refractivity contribution < 1.29 is 22.6 Å². The molecule has 0 amide bonds. The highest BCUT2D eigenvalue weighted by Crippen LogP contribution is 2.19. The molecule has 28 heavy (non-hydrogen) atoms. The molecule has 0 saturated heterocycles. The SMILES string of the molecule is CN=C(NCCOC1CCCCCC1)NCc1ccnc(OCC(F)(F)F)c1. The molecule has 1 saturated carbocycles. The minimum absolute atomic E-state index is 0.0589. The van der Waals surface area contributed by atoms with E-state index in [0.717, 1.165) is 18.4 Å². The maximum Gasteiger partial charge on any atom is 0.422 e. The summed E-state index contributed by atoms with van der Waals surface area (Å²) in [5, 5.41) is 6.28. The minimum Gasteiger partial charge on any atom is -0.468 e. The molecular weight excluding hydrogens is 373 g/mol. The maximum atomic E-state index is 12.2. The third kappa shape index (κ3) is 9.25. The zero-order valence-electron chi connectivity index (χ0n) is 16.2. The fraction of sp³-hybridized carbons (Fsp3) is 0.684. The topological polar surface area (TPSA) is 67.8 Å². The Balaban J connectivity index is 1.68. The van der Waals surface area contributed by atoms with Crippen molar-refractivity contribution in [2.75, 3.05) is 26.8 Å². The van der Waals surface area contributed by atoms with Crippen LogP contribution < -0.4 is 15.4 Å². The van der Waals surface area contributed by atoms with E-state index in [9.17, 15) is 13.2 Å². The van der Waals surface area contributed by atoms with E-state index in [-0.39, 0.29) is 5.88 Å². The molecule has 0 bridgehead atoms. The number of ether oxygens (including phenoxy) is 2. The summed E-state index contributed by atoms with van der Waals surface area (Å²) in [6.07, 6.45) is 4.72. The van der Waals surface area contributed by atoms with Gasteiger partial charge in [0.1, 0.15) is 0 Å². The average Bonchev–Trinajstić information content (AvgIpc) is 2.94. The van der Waals surface area contributed by atoms with Crippen molar-refractivity contribution >= 4 is 5.96 Å². The lowest BCUT2D eigenvalue weighted by molar-refractivity contribution is -0.154. The second-order valence-corrected chi connectivity index (χ2v) is 6.74. The predicted molar refractivity (Wildman–Crippen MR) is 101 cm³/mol. The third-order valence-electron chi connectivity index (χ3n) is 4.42. The number of rotatable bonds is 8. The first-order valence-electron chi connectivity index (χ1n) is 9.67. The Morgan fingerprint density at radius 1 is 1.21 bits per heavy atom. The summed E-state index contributed by atoms with van der Waals surface area (Å²) in [5.74, 6) is 0.537. The molecule has 0 atom stereocenters. The van der Waals surface area contributed by atoms with Crippen molar-refractivity contribution in [1.29, 1.82) is 0 Å². The molecule has 9 heteroatoms. The summed E-state index contributed by atoms with van der Waals surface area (Å²) in [7, 11) is 1.66. The van der Waals surface area contributed by atoms with E-state index >= 15 is 0 Å². The van der Waals surface area contributed by atoms with Crippen molar-refractivity contribution in [3.8, 4) is 5.88 Å². The Hall–Kier alpha value is -2.03. The highest BCUT2D eigenvalue weighted by atomic mass is 19.4. The van der Waals surface area contributed by atoms with Crippen LogP contribution in [0.5, 0.6) is 5.88 Å². The monoisotopic (exact) mass is 402 g/mol. The first-order valence-corrected chi connectivity index (χ1v) is 9.67. The normalized spacial score (nSPS) is 16.5. The summed E-state index contributed by atoms with van der Waals surface area (Å²) in [6.45, 7) is 0.262. The van der Waals surface area contributed by atoms with Gasteiger partial charge in [-0.05, 0) is 24.5 Å². The standard InChI is InChI=1S/C19H29F3N4O2/c1-23-18(25-10-11-27-16-6-4-2-3-5-7-16)26-13-15-8-9-24-17(12-15)28-14-19(20,21)22/h8-9,12,16H,2-7,10-11,13-14H2,1H3,(H2,23,25,26). The van der Waals surface area contributed by atoms with E-state index in [4.69, 9.17) is 4.74 Å². The van der Waals surface area contributed by atoms with Crippen LogP contribution >= 0.6 is 0 Å². The Bertz CT molecular complexity index is 603. The van der Waals surface area contributed by atoms with Crippen molar-refractivity contribution in [2.24, 2.45) is 4.99 Å².